The van der Waals surface area contributed by atoms with Crippen molar-refractivity contribution in [1.29, 1.82) is 0 Å². The second-order valence-electron chi connectivity index (χ2n) is 9.79. The normalized spacial score (nSPS) is 19.1. The number of nitrogens with zero attached hydrogens (tertiary/aromatic N) is 2. The lowest BCUT2D eigenvalue weighted by Crippen LogP contribution is -2.27. The van der Waals surface area contributed by atoms with E-state index in [9.17, 15) is 13.6 Å². The fourth-order valence-corrected chi connectivity index (χ4v) is 5.12. The first kappa shape index (κ1) is 26.3. The van der Waals surface area contributed by atoms with Gasteiger partial charge in [-0.15, -0.1) is 0 Å². The van der Waals surface area contributed by atoms with E-state index >= 15 is 0 Å². The number of imidazole rings is 1. The summed E-state index contributed by atoms with van der Waals surface area (Å²) in [5.41, 5.74) is 0.407. The van der Waals surface area contributed by atoms with Crippen molar-refractivity contribution in [2.24, 2.45) is 5.92 Å². The third-order valence-electron chi connectivity index (χ3n) is 5.89. The molecular formula is C23H33F2IN2O4Si. The zero-order valence-electron chi connectivity index (χ0n) is 19.8. The third-order valence-corrected chi connectivity index (χ3v) is 8.58. The molecule has 10 heteroatoms. The van der Waals surface area contributed by atoms with E-state index in [1.807, 2.05) is 0 Å². The van der Waals surface area contributed by atoms with Gasteiger partial charge in [-0.25, -0.2) is 8.78 Å². The monoisotopic (exact) mass is 594 g/mol. The molecule has 6 nitrogen and oxygen atoms in total. The van der Waals surface area contributed by atoms with Crippen LogP contribution in [0.1, 0.15) is 39.0 Å². The Kier molecular flexibility index (Phi) is 9.13. The molecule has 0 spiro atoms. The van der Waals surface area contributed by atoms with Gasteiger partial charge in [0.05, 0.1) is 15.7 Å². The second-order valence-corrected chi connectivity index (χ2v) is 16.5. The molecule has 2 aromatic rings. The minimum atomic E-state index is -1.27. The van der Waals surface area contributed by atoms with Gasteiger partial charge >= 0.3 is 5.97 Å². The lowest BCUT2D eigenvalue weighted by molar-refractivity contribution is -0.144. The molecule has 0 bridgehead atoms. The van der Waals surface area contributed by atoms with Crippen molar-refractivity contribution >= 4 is 47.7 Å². The van der Waals surface area contributed by atoms with Crippen molar-refractivity contribution in [3.63, 3.8) is 0 Å². The van der Waals surface area contributed by atoms with E-state index in [1.165, 1.54) is 6.07 Å². The summed E-state index contributed by atoms with van der Waals surface area (Å²) in [4.78, 5) is 16.1. The summed E-state index contributed by atoms with van der Waals surface area (Å²) < 4.78 is 47.7. The van der Waals surface area contributed by atoms with Crippen molar-refractivity contribution in [2.75, 3.05) is 13.2 Å². The number of carbonyl (C=O) groups is 1. The Balaban J connectivity index is 1.73. The number of fused-ring (bicyclic) bond motifs is 1. The highest BCUT2D eigenvalue weighted by atomic mass is 127. The predicted molar refractivity (Wildman–Crippen MR) is 134 cm³/mol. The van der Waals surface area contributed by atoms with Crippen LogP contribution in [-0.2, 0) is 21.0 Å². The first-order valence-electron chi connectivity index (χ1n) is 11.5. The van der Waals surface area contributed by atoms with Crippen molar-refractivity contribution in [1.82, 2.24) is 9.55 Å². The average Bonchev–Trinajstić information content (AvgIpc) is 3.07. The molecule has 1 aromatic carbocycles. The van der Waals surface area contributed by atoms with Crippen molar-refractivity contribution in [3.8, 4) is 6.01 Å². The van der Waals surface area contributed by atoms with Crippen molar-refractivity contribution in [2.45, 2.75) is 77.5 Å². The van der Waals surface area contributed by atoms with E-state index in [0.717, 1.165) is 31.7 Å². The Morgan fingerprint density at radius 1 is 1.24 bits per heavy atom. The lowest BCUT2D eigenvalue weighted by Gasteiger charge is -2.28. The van der Waals surface area contributed by atoms with Crippen molar-refractivity contribution in [3.05, 3.63) is 21.3 Å². The number of carbonyl (C=O) groups excluding carboxylic acids is 1. The Morgan fingerprint density at radius 3 is 2.58 bits per heavy atom. The number of halogens is 3. The number of hydrogen-bond acceptors (Lipinski definition) is 5. The van der Waals surface area contributed by atoms with E-state index < -0.39 is 19.7 Å². The van der Waals surface area contributed by atoms with Crippen LogP contribution in [0.2, 0.25) is 25.7 Å². The summed E-state index contributed by atoms with van der Waals surface area (Å²) in [7, 11) is -1.27. The number of rotatable bonds is 10. The molecule has 1 aromatic heterocycles. The van der Waals surface area contributed by atoms with E-state index in [-0.39, 0.29) is 39.8 Å². The van der Waals surface area contributed by atoms with Crippen molar-refractivity contribution < 1.29 is 27.8 Å². The van der Waals surface area contributed by atoms with E-state index in [0.29, 0.717) is 25.2 Å². The molecule has 0 saturated heterocycles. The van der Waals surface area contributed by atoms with Gasteiger partial charge in [0.1, 0.15) is 24.2 Å². The summed E-state index contributed by atoms with van der Waals surface area (Å²) in [6.45, 7) is 9.69. The first-order chi connectivity index (χ1) is 15.6. The smallest absolute Gasteiger partial charge is 0.306 e. The zero-order chi connectivity index (χ0) is 24.2. The second kappa shape index (κ2) is 11.4. The highest BCUT2D eigenvalue weighted by molar-refractivity contribution is 14.1. The largest absolute Gasteiger partial charge is 0.466 e. The zero-order valence-corrected chi connectivity index (χ0v) is 22.9. The molecule has 0 aliphatic heterocycles. The van der Waals surface area contributed by atoms with Gasteiger partial charge in [-0.1, -0.05) is 19.6 Å². The van der Waals surface area contributed by atoms with Gasteiger partial charge in [0, 0.05) is 27.2 Å². The van der Waals surface area contributed by atoms with E-state index in [1.54, 1.807) is 34.1 Å². The molecular weight excluding hydrogens is 561 g/mol. The summed E-state index contributed by atoms with van der Waals surface area (Å²) in [5.74, 6) is -1.20. The lowest BCUT2D eigenvalue weighted by atomic mass is 9.85. The van der Waals surface area contributed by atoms with Crippen LogP contribution in [0.3, 0.4) is 0 Å². The van der Waals surface area contributed by atoms with Gasteiger partial charge in [0.15, 0.2) is 5.82 Å². The fraction of sp³-hybridized carbons (Fsp3) is 0.652. The molecule has 0 atom stereocenters. The third kappa shape index (κ3) is 7.11. The maximum Gasteiger partial charge on any atom is 0.306 e. The van der Waals surface area contributed by atoms with E-state index in [2.05, 4.69) is 24.6 Å². The predicted octanol–water partition coefficient (Wildman–Crippen LogP) is 6.12. The van der Waals surface area contributed by atoms with E-state index in [4.69, 9.17) is 14.2 Å². The maximum atomic E-state index is 14.8. The average molecular weight is 595 g/mol. The van der Waals surface area contributed by atoms with Gasteiger partial charge < -0.3 is 14.2 Å². The van der Waals surface area contributed by atoms with Crippen LogP contribution in [0.15, 0.2) is 6.07 Å². The Labute approximate surface area is 208 Å². The number of aromatic nitrogens is 2. The summed E-state index contributed by atoms with van der Waals surface area (Å²) in [6.07, 6.45) is 3.53. The first-order valence-corrected chi connectivity index (χ1v) is 16.3. The molecule has 0 N–H and O–H groups in total. The van der Waals surface area contributed by atoms with Crippen LogP contribution in [-0.4, -0.2) is 42.9 Å². The minimum absolute atomic E-state index is 0.0839. The SMILES string of the molecule is CCOC(=O)C[C@H]1CC[C@H](Oc2nc3c(F)c(I)c(F)cc3n2COCC[Si](C)(C)C)CC1. The molecule has 0 unspecified atom stereocenters. The summed E-state index contributed by atoms with van der Waals surface area (Å²) in [5, 5.41) is 0. The highest BCUT2D eigenvalue weighted by Crippen LogP contribution is 2.33. The van der Waals surface area contributed by atoms with Crippen LogP contribution in [0.5, 0.6) is 6.01 Å². The molecule has 0 radical (unpaired) electrons. The molecule has 33 heavy (non-hydrogen) atoms. The molecule has 1 heterocycles. The Hall–Kier alpha value is -1.27. The molecule has 0 amide bonds. The van der Waals surface area contributed by atoms with Gasteiger partial charge in [-0.2, -0.15) is 4.98 Å². The van der Waals surface area contributed by atoms with Crippen LogP contribution < -0.4 is 4.74 Å². The number of hydrogen-bond donors (Lipinski definition) is 0. The quantitative estimate of drug-likeness (QED) is 0.109. The Morgan fingerprint density at radius 2 is 1.94 bits per heavy atom. The number of esters is 1. The van der Waals surface area contributed by atoms with Gasteiger partial charge in [-0.05, 0) is 67.2 Å². The Bertz CT molecular complexity index is 972. The van der Waals surface area contributed by atoms with Crippen LogP contribution in [0, 0.1) is 21.1 Å². The maximum absolute atomic E-state index is 14.8. The molecule has 1 fully saturated rings. The number of benzene rings is 1. The topological polar surface area (TPSA) is 62.6 Å². The standard InChI is InChI=1S/C23H33F2IN2O4Si/c1-5-31-19(29)12-15-6-8-16(9-7-15)32-23-27-22-18(13-17(24)21(26)20(22)25)28(23)14-30-10-11-33(2,3)4/h13,15-16H,5-12,14H2,1-4H3/t15-,16-. The highest BCUT2D eigenvalue weighted by Gasteiger charge is 2.27. The fourth-order valence-electron chi connectivity index (χ4n) is 3.95. The number of ether oxygens (including phenoxy) is 3. The van der Waals surface area contributed by atoms with Gasteiger partial charge in [0.25, 0.3) is 6.01 Å². The molecule has 3 rings (SSSR count). The van der Waals surface area contributed by atoms with Gasteiger partial charge in [0.2, 0.25) is 0 Å². The molecule has 1 aliphatic rings. The molecule has 1 aliphatic carbocycles. The van der Waals surface area contributed by atoms with Gasteiger partial charge in [-0.3, -0.25) is 9.36 Å². The summed E-state index contributed by atoms with van der Waals surface area (Å²) in [6, 6.07) is 2.52. The van der Waals surface area contributed by atoms with Crippen LogP contribution in [0.4, 0.5) is 8.78 Å². The minimum Gasteiger partial charge on any atom is -0.466 e. The summed E-state index contributed by atoms with van der Waals surface area (Å²) >= 11 is 1.65. The van der Waals surface area contributed by atoms with Crippen LogP contribution in [0.25, 0.3) is 11.0 Å². The molecule has 1 saturated carbocycles. The van der Waals surface area contributed by atoms with Crippen LogP contribution >= 0.6 is 22.6 Å². The molecule has 184 valence electrons.